The number of nitrogens with zero attached hydrogens (tertiary/aromatic N) is 3. The first-order valence-electron chi connectivity index (χ1n) is 11.0. The molecule has 0 saturated carbocycles. The molecule has 0 atom stereocenters. The van der Waals surface area contributed by atoms with E-state index in [1.807, 2.05) is 20.8 Å². The fourth-order valence-electron chi connectivity index (χ4n) is 3.97. The molecule has 3 aromatic rings. The lowest BCUT2D eigenvalue weighted by molar-refractivity contribution is 0.378. The van der Waals surface area contributed by atoms with Crippen LogP contribution in [0.25, 0.3) is 5.52 Å². The number of halogens is 1. The monoisotopic (exact) mass is 549 g/mol. The van der Waals surface area contributed by atoms with Crippen LogP contribution in [-0.2, 0) is 26.5 Å². The maximum Gasteiger partial charge on any atom is 0.286 e. The average molecular weight is 550 g/mol. The molecule has 0 radical (unpaired) electrons. The van der Waals surface area contributed by atoms with Gasteiger partial charge in [-0.05, 0) is 53.8 Å². The second-order valence-corrected chi connectivity index (χ2v) is 13.2. The summed E-state index contributed by atoms with van der Waals surface area (Å²) in [6.07, 6.45) is 2.74. The number of pyridine rings is 2. The van der Waals surface area contributed by atoms with E-state index in [2.05, 4.69) is 19.6 Å². The van der Waals surface area contributed by atoms with E-state index in [0.29, 0.717) is 6.42 Å². The Balaban J connectivity index is 1.95. The van der Waals surface area contributed by atoms with Gasteiger partial charge in [0, 0.05) is 17.4 Å². The molecule has 0 saturated heterocycles. The van der Waals surface area contributed by atoms with Gasteiger partial charge in [0.1, 0.15) is 16.3 Å². The van der Waals surface area contributed by atoms with E-state index < -0.39 is 48.5 Å². The molecule has 1 aliphatic rings. The van der Waals surface area contributed by atoms with Crippen LogP contribution in [0.2, 0.25) is 0 Å². The lowest BCUT2D eigenvalue weighted by Gasteiger charge is -2.22. The van der Waals surface area contributed by atoms with Crippen molar-refractivity contribution in [2.24, 2.45) is 15.0 Å². The predicted molar refractivity (Wildman–Crippen MR) is 139 cm³/mol. The molecule has 0 spiro atoms. The third-order valence-electron chi connectivity index (χ3n) is 5.65. The van der Waals surface area contributed by atoms with Crippen molar-refractivity contribution in [2.75, 3.05) is 16.3 Å². The van der Waals surface area contributed by atoms with Crippen molar-refractivity contribution in [1.82, 2.24) is 4.40 Å². The third-order valence-corrected chi connectivity index (χ3v) is 7.57. The Morgan fingerprint density at radius 3 is 2.51 bits per heavy atom. The van der Waals surface area contributed by atoms with E-state index in [1.165, 1.54) is 18.2 Å². The number of benzene rings is 1. The van der Waals surface area contributed by atoms with Crippen LogP contribution in [0.1, 0.15) is 38.3 Å². The number of aromatic nitrogens is 1. The molecular weight excluding hydrogens is 525 g/mol. The van der Waals surface area contributed by atoms with Gasteiger partial charge in [-0.3, -0.25) is 13.9 Å². The first kappa shape index (κ1) is 26.4. The number of anilines is 2. The highest BCUT2D eigenvalue weighted by Crippen LogP contribution is 2.33. The molecule has 37 heavy (non-hydrogen) atoms. The summed E-state index contributed by atoms with van der Waals surface area (Å²) in [6.45, 7) is 5.95. The zero-order chi connectivity index (χ0) is 27.3. The minimum absolute atomic E-state index is 0.000815. The van der Waals surface area contributed by atoms with Gasteiger partial charge >= 0.3 is 0 Å². The molecule has 2 aromatic heterocycles. The Bertz CT molecular complexity index is 1760. The van der Waals surface area contributed by atoms with E-state index in [-0.39, 0.29) is 39.2 Å². The third kappa shape index (κ3) is 5.39. The Morgan fingerprint density at radius 2 is 1.89 bits per heavy atom. The number of sulfonamides is 2. The number of nitrogens with one attached hydrogen (secondary N) is 2. The van der Waals surface area contributed by atoms with Gasteiger partial charge < -0.3 is 5.32 Å². The van der Waals surface area contributed by atoms with Crippen LogP contribution in [0.15, 0.2) is 55.8 Å². The zero-order valence-electron chi connectivity index (χ0n) is 20.4. The average Bonchev–Trinajstić information content (AvgIpc) is 2.76. The number of rotatable bonds is 6. The lowest BCUT2D eigenvalue weighted by atomic mass is 9.88. The second kappa shape index (κ2) is 9.03. The highest BCUT2D eigenvalue weighted by Gasteiger charge is 2.31. The number of nitroso groups, excluding NO2 is 1. The van der Waals surface area contributed by atoms with Crippen molar-refractivity contribution in [3.8, 4) is 0 Å². The summed E-state index contributed by atoms with van der Waals surface area (Å²) in [6, 6.07) is 6.22. The number of hydrogen-bond donors (Lipinski definition) is 2. The molecule has 3 heterocycles. The van der Waals surface area contributed by atoms with Crippen LogP contribution in [-0.4, -0.2) is 33.3 Å². The molecule has 0 amide bonds. The van der Waals surface area contributed by atoms with Crippen molar-refractivity contribution < 1.29 is 21.2 Å². The largest absolute Gasteiger partial charge is 0.338 e. The smallest absolute Gasteiger partial charge is 0.286 e. The molecule has 0 bridgehead atoms. The Kier molecular flexibility index (Phi) is 6.44. The zero-order valence-corrected chi connectivity index (χ0v) is 22.0. The molecule has 0 fully saturated rings. The lowest BCUT2D eigenvalue weighted by Crippen LogP contribution is -2.30. The Morgan fingerprint density at radius 1 is 1.19 bits per heavy atom. The predicted octanol–water partition coefficient (Wildman–Crippen LogP) is 3.75. The summed E-state index contributed by atoms with van der Waals surface area (Å²) in [7, 11) is -8.12. The van der Waals surface area contributed by atoms with Crippen LogP contribution in [0.4, 0.5) is 21.6 Å². The molecule has 14 heteroatoms. The second-order valence-electron chi connectivity index (χ2n) is 9.89. The minimum Gasteiger partial charge on any atom is -0.338 e. The van der Waals surface area contributed by atoms with E-state index in [0.717, 1.165) is 29.0 Å². The van der Waals surface area contributed by atoms with Crippen LogP contribution < -0.4 is 15.5 Å². The van der Waals surface area contributed by atoms with Crippen molar-refractivity contribution in [3.63, 3.8) is 0 Å². The molecule has 1 aliphatic heterocycles. The molecule has 2 N–H and O–H groups in total. The summed E-state index contributed by atoms with van der Waals surface area (Å²) in [4.78, 5) is 25.3. The fourth-order valence-corrected chi connectivity index (χ4v) is 5.68. The van der Waals surface area contributed by atoms with E-state index in [9.17, 15) is 30.9 Å². The number of hydrogen-bond acceptors (Lipinski definition) is 8. The first-order chi connectivity index (χ1) is 17.1. The minimum atomic E-state index is -4.44. The van der Waals surface area contributed by atoms with Gasteiger partial charge in [0.05, 0.1) is 17.5 Å². The van der Waals surface area contributed by atoms with E-state index >= 15 is 0 Å². The SMILES string of the molecule is CC(C)(C)CCc1c(=O)c(C2=NS(=O)(=O)c3cc(NS(C)(=O)=O)ccc3N2)c(N=O)n2cc(F)ccc12. The summed E-state index contributed by atoms with van der Waals surface area (Å²) in [5.41, 5.74) is -0.735. The van der Waals surface area contributed by atoms with Crippen LogP contribution in [0, 0.1) is 16.1 Å². The van der Waals surface area contributed by atoms with Gasteiger partial charge in [-0.1, -0.05) is 20.8 Å². The fraction of sp³-hybridized carbons (Fsp3) is 0.304. The van der Waals surface area contributed by atoms with Gasteiger partial charge in [0.2, 0.25) is 10.0 Å². The number of aryl methyl sites for hydroxylation is 1. The molecule has 196 valence electrons. The van der Waals surface area contributed by atoms with Crippen LogP contribution in [0.3, 0.4) is 0 Å². The van der Waals surface area contributed by atoms with Gasteiger partial charge in [-0.25, -0.2) is 12.8 Å². The molecule has 0 unspecified atom stereocenters. The van der Waals surface area contributed by atoms with Crippen molar-refractivity contribution in [1.29, 1.82) is 0 Å². The van der Waals surface area contributed by atoms with Crippen LogP contribution >= 0.6 is 0 Å². The molecule has 0 aliphatic carbocycles. The number of fused-ring (bicyclic) bond motifs is 2. The molecule has 1 aromatic carbocycles. The summed E-state index contributed by atoms with van der Waals surface area (Å²) >= 11 is 0. The highest BCUT2D eigenvalue weighted by molar-refractivity contribution is 7.92. The first-order valence-corrected chi connectivity index (χ1v) is 14.4. The standard InChI is InChI=1S/C23H24FN5O6S2/c1-23(2,3)10-9-15-17-8-5-13(24)12-29(17)22(26-31)19(20(15)30)21-25-16-7-6-14(27-36(4,32)33)11-18(16)37(34,35)28-21/h5-8,11-12,27H,9-10H2,1-4H3,(H,25,28). The van der Waals surface area contributed by atoms with Crippen molar-refractivity contribution in [3.05, 3.63) is 68.6 Å². The maximum absolute atomic E-state index is 14.2. The quantitative estimate of drug-likeness (QED) is 0.444. The molecular formula is C23H24FN5O6S2. The summed E-state index contributed by atoms with van der Waals surface area (Å²) in [5.74, 6) is -1.66. The normalized spacial score (nSPS) is 15.0. The van der Waals surface area contributed by atoms with Gasteiger partial charge in [-0.2, -0.15) is 8.42 Å². The van der Waals surface area contributed by atoms with E-state index in [1.54, 1.807) is 0 Å². The van der Waals surface area contributed by atoms with Crippen molar-refractivity contribution in [2.45, 2.75) is 38.5 Å². The van der Waals surface area contributed by atoms with Gasteiger partial charge in [-0.15, -0.1) is 9.30 Å². The maximum atomic E-state index is 14.2. The van der Waals surface area contributed by atoms with E-state index in [4.69, 9.17) is 0 Å². The molecule has 11 nitrogen and oxygen atoms in total. The van der Waals surface area contributed by atoms with Crippen molar-refractivity contribution >= 4 is 48.6 Å². The van der Waals surface area contributed by atoms with Gasteiger partial charge in [0.15, 0.2) is 17.1 Å². The summed E-state index contributed by atoms with van der Waals surface area (Å²) in [5, 5.41) is 5.68. The Hall–Kier alpha value is -3.65. The molecule has 4 rings (SSSR count). The Labute approximate surface area is 212 Å². The topological polar surface area (TPSA) is 156 Å². The summed E-state index contributed by atoms with van der Waals surface area (Å²) < 4.78 is 70.4. The highest BCUT2D eigenvalue weighted by atomic mass is 32.2. The van der Waals surface area contributed by atoms with Crippen LogP contribution in [0.5, 0.6) is 0 Å². The number of amidine groups is 1. The van der Waals surface area contributed by atoms with Gasteiger partial charge in [0.25, 0.3) is 10.0 Å².